The molecule has 0 radical (unpaired) electrons. The van der Waals surface area contributed by atoms with Gasteiger partial charge in [0.2, 0.25) is 11.8 Å². The molecular weight excluding hydrogens is 444 g/mol. The lowest BCUT2D eigenvalue weighted by atomic mass is 9.83. The fraction of sp³-hybridized carbons (Fsp3) is 0.321. The average Bonchev–Trinajstić information content (AvgIpc) is 3.25. The summed E-state index contributed by atoms with van der Waals surface area (Å²) in [7, 11) is 3.04. The Bertz CT molecular complexity index is 1190. The van der Waals surface area contributed by atoms with Crippen molar-refractivity contribution in [2.75, 3.05) is 14.2 Å². The number of carbonyl (C=O) groups excluding carboxylic acids is 3. The highest BCUT2D eigenvalue weighted by Gasteiger charge is 2.41. The van der Waals surface area contributed by atoms with E-state index in [4.69, 9.17) is 9.15 Å². The van der Waals surface area contributed by atoms with Crippen LogP contribution in [0, 0.1) is 12.8 Å². The molecule has 182 valence electrons. The molecule has 35 heavy (non-hydrogen) atoms. The average molecular weight is 475 g/mol. The summed E-state index contributed by atoms with van der Waals surface area (Å²) in [5.41, 5.74) is 2.30. The minimum atomic E-state index is -0.474. The van der Waals surface area contributed by atoms with E-state index in [1.807, 2.05) is 65.6 Å². The van der Waals surface area contributed by atoms with Crippen LogP contribution in [0.4, 0.5) is 0 Å². The van der Waals surface area contributed by atoms with E-state index in [0.717, 1.165) is 11.1 Å². The Morgan fingerprint density at radius 2 is 1.74 bits per heavy atom. The smallest absolute Gasteiger partial charge is 0.341 e. The molecular formula is C28H30N2O5. The zero-order chi connectivity index (χ0) is 24.9. The summed E-state index contributed by atoms with van der Waals surface area (Å²) in [6, 6.07) is 20.8. The molecule has 2 heterocycles. The van der Waals surface area contributed by atoms with Crippen molar-refractivity contribution in [1.29, 1.82) is 0 Å². The number of esters is 1. The van der Waals surface area contributed by atoms with Crippen LogP contribution in [0.2, 0.25) is 0 Å². The van der Waals surface area contributed by atoms with Gasteiger partial charge in [-0.15, -0.1) is 0 Å². The molecule has 4 rings (SSSR count). The van der Waals surface area contributed by atoms with E-state index in [1.54, 1.807) is 24.9 Å². The zero-order valence-corrected chi connectivity index (χ0v) is 20.3. The van der Waals surface area contributed by atoms with Gasteiger partial charge in [0.15, 0.2) is 0 Å². The molecule has 0 spiro atoms. The number of nitrogens with zero attached hydrogens (tertiary/aromatic N) is 2. The maximum Gasteiger partial charge on any atom is 0.341 e. The summed E-state index contributed by atoms with van der Waals surface area (Å²) in [5.74, 6) is 0.0463. The van der Waals surface area contributed by atoms with E-state index in [0.29, 0.717) is 36.5 Å². The van der Waals surface area contributed by atoms with Crippen molar-refractivity contribution in [3.8, 4) is 0 Å². The Hall–Kier alpha value is -3.87. The number of methoxy groups -OCH3 is 1. The fourth-order valence-corrected chi connectivity index (χ4v) is 4.77. The molecule has 1 saturated heterocycles. The molecule has 1 aromatic heterocycles. The topological polar surface area (TPSA) is 80.1 Å². The third-order valence-electron chi connectivity index (χ3n) is 6.50. The molecule has 2 amide bonds. The van der Waals surface area contributed by atoms with Crippen LogP contribution in [-0.2, 0) is 27.4 Å². The second-order valence-corrected chi connectivity index (χ2v) is 8.88. The Morgan fingerprint density at radius 3 is 2.40 bits per heavy atom. The highest BCUT2D eigenvalue weighted by molar-refractivity contribution is 5.90. The number of hydrogen-bond donors (Lipinski definition) is 0. The molecule has 3 aromatic rings. The van der Waals surface area contributed by atoms with Gasteiger partial charge in [-0.2, -0.15) is 0 Å². The van der Waals surface area contributed by atoms with E-state index >= 15 is 0 Å². The molecule has 1 aliphatic heterocycles. The molecule has 7 nitrogen and oxygen atoms in total. The van der Waals surface area contributed by atoms with Gasteiger partial charge in [0.25, 0.3) is 0 Å². The van der Waals surface area contributed by atoms with Gasteiger partial charge in [-0.25, -0.2) is 4.79 Å². The van der Waals surface area contributed by atoms with Crippen molar-refractivity contribution < 1.29 is 23.5 Å². The second kappa shape index (κ2) is 10.6. The molecule has 0 aliphatic carbocycles. The molecule has 0 saturated carbocycles. The van der Waals surface area contributed by atoms with Gasteiger partial charge < -0.3 is 19.0 Å². The summed E-state index contributed by atoms with van der Waals surface area (Å²) in [6.07, 6.45) is 0.782. The Kier molecular flexibility index (Phi) is 7.34. The molecule has 2 atom stereocenters. The minimum absolute atomic E-state index is 0.0405. The molecule has 2 aromatic carbocycles. The van der Waals surface area contributed by atoms with Crippen LogP contribution < -0.4 is 0 Å². The van der Waals surface area contributed by atoms with Gasteiger partial charge in [0, 0.05) is 20.0 Å². The lowest BCUT2D eigenvalue weighted by molar-refractivity contribution is -0.148. The van der Waals surface area contributed by atoms with E-state index in [2.05, 4.69) is 0 Å². The summed E-state index contributed by atoms with van der Waals surface area (Å²) in [4.78, 5) is 42.2. The first-order chi connectivity index (χ1) is 16.9. The fourth-order valence-electron chi connectivity index (χ4n) is 4.77. The highest BCUT2D eigenvalue weighted by Crippen LogP contribution is 2.39. The van der Waals surface area contributed by atoms with Crippen molar-refractivity contribution in [2.24, 2.45) is 5.92 Å². The summed E-state index contributed by atoms with van der Waals surface area (Å²) in [5, 5.41) is 0. The van der Waals surface area contributed by atoms with Crippen molar-refractivity contribution >= 4 is 17.8 Å². The normalized spacial score (nSPS) is 17.8. The number of rotatable bonds is 7. The number of ether oxygens (including phenoxy) is 1. The predicted molar refractivity (Wildman–Crippen MR) is 130 cm³/mol. The zero-order valence-electron chi connectivity index (χ0n) is 20.3. The van der Waals surface area contributed by atoms with Crippen LogP contribution in [0.15, 0.2) is 71.1 Å². The van der Waals surface area contributed by atoms with Crippen LogP contribution in [-0.4, -0.2) is 41.7 Å². The van der Waals surface area contributed by atoms with Crippen LogP contribution >= 0.6 is 0 Å². The van der Waals surface area contributed by atoms with E-state index < -0.39 is 11.9 Å². The van der Waals surface area contributed by atoms with E-state index in [9.17, 15) is 14.4 Å². The summed E-state index contributed by atoms with van der Waals surface area (Å²) >= 11 is 0. The first kappa shape index (κ1) is 24.3. The predicted octanol–water partition coefficient (Wildman–Crippen LogP) is 4.51. The lowest BCUT2D eigenvalue weighted by Gasteiger charge is -2.42. The number of carbonyl (C=O) groups is 3. The van der Waals surface area contributed by atoms with Gasteiger partial charge in [-0.3, -0.25) is 9.59 Å². The van der Waals surface area contributed by atoms with Crippen molar-refractivity contribution in [3.63, 3.8) is 0 Å². The summed E-state index contributed by atoms with van der Waals surface area (Å²) < 4.78 is 10.5. The molecule has 0 N–H and O–H groups in total. The van der Waals surface area contributed by atoms with Crippen LogP contribution in [0.25, 0.3) is 0 Å². The molecule has 7 heteroatoms. The van der Waals surface area contributed by atoms with Crippen molar-refractivity contribution in [1.82, 2.24) is 9.80 Å². The lowest BCUT2D eigenvalue weighted by Crippen LogP contribution is -2.48. The number of aryl methyl sites for hydroxylation is 1. The van der Waals surface area contributed by atoms with E-state index in [1.165, 1.54) is 7.11 Å². The number of furan rings is 1. The highest BCUT2D eigenvalue weighted by atomic mass is 16.5. The van der Waals surface area contributed by atoms with Crippen molar-refractivity contribution in [2.45, 2.75) is 38.9 Å². The Labute approximate surface area is 205 Å². The number of benzene rings is 2. The van der Waals surface area contributed by atoms with Crippen LogP contribution in [0.5, 0.6) is 0 Å². The first-order valence-corrected chi connectivity index (χ1v) is 11.7. The monoisotopic (exact) mass is 474 g/mol. The van der Waals surface area contributed by atoms with Crippen LogP contribution in [0.3, 0.4) is 0 Å². The molecule has 1 fully saturated rings. The standard InChI is InChI=1S/C28H30N2O5/c1-19-24(28(33)34-3)16-22(35-19)18-29(2)27(32)23-14-15-25(31)30(17-20-10-6-4-7-11-20)26(23)21-12-8-5-9-13-21/h4-13,16,23,26H,14-15,17-18H2,1-3H3. The number of hydrogen-bond acceptors (Lipinski definition) is 5. The van der Waals surface area contributed by atoms with Gasteiger partial charge >= 0.3 is 5.97 Å². The Balaban J connectivity index is 1.60. The maximum absolute atomic E-state index is 13.7. The second-order valence-electron chi connectivity index (χ2n) is 8.88. The maximum atomic E-state index is 13.7. The molecule has 2 unspecified atom stereocenters. The van der Waals surface area contributed by atoms with Crippen molar-refractivity contribution in [3.05, 3.63) is 94.9 Å². The number of piperidine rings is 1. The SMILES string of the molecule is COC(=O)c1cc(CN(C)C(=O)C2CCC(=O)N(Cc3ccccc3)C2c2ccccc2)oc1C. The Morgan fingerprint density at radius 1 is 1.09 bits per heavy atom. The number of amides is 2. The van der Waals surface area contributed by atoms with Gasteiger partial charge in [-0.1, -0.05) is 60.7 Å². The van der Waals surface area contributed by atoms with Gasteiger partial charge in [-0.05, 0) is 30.5 Å². The van der Waals surface area contributed by atoms with Crippen LogP contribution in [0.1, 0.15) is 51.9 Å². The quantitative estimate of drug-likeness (QED) is 0.471. The molecule has 0 bridgehead atoms. The minimum Gasteiger partial charge on any atom is -0.465 e. The largest absolute Gasteiger partial charge is 0.465 e. The third-order valence-corrected chi connectivity index (χ3v) is 6.50. The van der Waals surface area contributed by atoms with Gasteiger partial charge in [0.1, 0.15) is 17.1 Å². The third kappa shape index (κ3) is 5.29. The van der Waals surface area contributed by atoms with Gasteiger partial charge in [0.05, 0.1) is 25.6 Å². The summed E-state index contributed by atoms with van der Waals surface area (Å²) in [6.45, 7) is 2.34. The number of likely N-dealkylation sites (tertiary alicyclic amines) is 1. The first-order valence-electron chi connectivity index (χ1n) is 11.7. The molecule has 1 aliphatic rings. The van der Waals surface area contributed by atoms with E-state index in [-0.39, 0.29) is 24.4 Å².